The van der Waals surface area contributed by atoms with Crippen LogP contribution in [0.2, 0.25) is 0 Å². The summed E-state index contributed by atoms with van der Waals surface area (Å²) in [5.74, 6) is 1.83. The molecule has 5 heteroatoms. The number of likely N-dealkylation sites (N-methyl/N-ethyl adjacent to an activating group) is 2. The zero-order valence-electron chi connectivity index (χ0n) is 16.6. The molecule has 0 heterocycles. The molecule has 6 atom stereocenters. The smallest absolute Gasteiger partial charge is 0.245 e. The van der Waals surface area contributed by atoms with Gasteiger partial charge in [0.25, 0.3) is 0 Å². The van der Waals surface area contributed by atoms with Gasteiger partial charge in [0, 0.05) is 18.5 Å². The maximum Gasteiger partial charge on any atom is 0.245 e. The van der Waals surface area contributed by atoms with Gasteiger partial charge in [0.2, 0.25) is 11.8 Å². The Hall–Kier alpha value is -1.88. The van der Waals surface area contributed by atoms with E-state index in [-0.39, 0.29) is 24.4 Å². The molecule has 1 spiro atoms. The van der Waals surface area contributed by atoms with Gasteiger partial charge >= 0.3 is 0 Å². The fourth-order valence-corrected chi connectivity index (χ4v) is 6.22. The number of amides is 2. The zero-order valence-corrected chi connectivity index (χ0v) is 16.6. The molecule has 0 bridgehead atoms. The van der Waals surface area contributed by atoms with Crippen LogP contribution in [0.3, 0.4) is 0 Å². The van der Waals surface area contributed by atoms with Crippen LogP contribution in [0, 0.1) is 17.3 Å². The predicted octanol–water partition coefficient (Wildman–Crippen LogP) is 2.14. The van der Waals surface area contributed by atoms with Gasteiger partial charge in [-0.1, -0.05) is 30.3 Å². The topological polar surface area (TPSA) is 61.4 Å². The minimum absolute atomic E-state index is 0.0480. The Bertz CT molecular complexity index is 722. The number of carbonyl (C=O) groups excluding carboxylic acids is 2. The molecule has 27 heavy (non-hydrogen) atoms. The third-order valence-electron chi connectivity index (χ3n) is 7.28. The van der Waals surface area contributed by atoms with Gasteiger partial charge in [0.1, 0.15) is 6.04 Å². The summed E-state index contributed by atoms with van der Waals surface area (Å²) in [5, 5.41) is 5.67. The summed E-state index contributed by atoms with van der Waals surface area (Å²) < 4.78 is 0. The van der Waals surface area contributed by atoms with Crippen molar-refractivity contribution in [2.24, 2.45) is 17.3 Å². The first-order chi connectivity index (χ1) is 13.0. The molecule has 3 aliphatic carbocycles. The maximum atomic E-state index is 13.2. The van der Waals surface area contributed by atoms with Gasteiger partial charge in [-0.2, -0.15) is 0 Å². The lowest BCUT2D eigenvalue weighted by atomic mass is 9.55. The van der Waals surface area contributed by atoms with Crippen molar-refractivity contribution < 1.29 is 9.59 Å². The van der Waals surface area contributed by atoms with Crippen LogP contribution in [0.5, 0.6) is 0 Å². The lowest BCUT2D eigenvalue weighted by molar-refractivity contribution is -0.145. The second-order valence-electron chi connectivity index (χ2n) is 8.52. The van der Waals surface area contributed by atoms with Gasteiger partial charge in [-0.25, -0.2) is 0 Å². The van der Waals surface area contributed by atoms with Gasteiger partial charge in [-0.3, -0.25) is 9.59 Å². The lowest BCUT2D eigenvalue weighted by Gasteiger charge is -2.57. The highest BCUT2D eigenvalue weighted by molar-refractivity contribution is 5.88. The molecule has 3 aliphatic rings. The average Bonchev–Trinajstić information content (AvgIpc) is 3.32. The molecule has 146 valence electrons. The largest absolute Gasteiger partial charge is 0.343 e. The van der Waals surface area contributed by atoms with E-state index in [2.05, 4.69) is 52.8 Å². The highest BCUT2D eigenvalue weighted by atomic mass is 16.2. The van der Waals surface area contributed by atoms with Crippen LogP contribution in [0.25, 0.3) is 0 Å². The van der Waals surface area contributed by atoms with Gasteiger partial charge in [0.05, 0.1) is 6.54 Å². The van der Waals surface area contributed by atoms with E-state index in [0.717, 1.165) is 5.92 Å². The summed E-state index contributed by atoms with van der Waals surface area (Å²) in [6.07, 6.45) is 3.88. The first-order valence-electron chi connectivity index (χ1n) is 10.3. The Morgan fingerprint density at radius 2 is 2.00 bits per heavy atom. The van der Waals surface area contributed by atoms with E-state index >= 15 is 0 Å². The summed E-state index contributed by atoms with van der Waals surface area (Å²) in [6.45, 7) is 4.79. The summed E-state index contributed by atoms with van der Waals surface area (Å²) in [7, 11) is 1.73. The van der Waals surface area contributed by atoms with E-state index in [1.807, 2.05) is 0 Å². The number of hydrogen-bond donors (Lipinski definition) is 2. The van der Waals surface area contributed by atoms with Crippen molar-refractivity contribution in [3.63, 3.8) is 0 Å². The molecule has 1 aromatic carbocycles. The molecule has 2 N–H and O–H groups in total. The number of hydrogen-bond acceptors (Lipinski definition) is 3. The van der Waals surface area contributed by atoms with Gasteiger partial charge < -0.3 is 15.5 Å². The fraction of sp³-hybridized carbons (Fsp3) is 0.636. The maximum absolute atomic E-state index is 13.2. The number of carbonyl (C=O) groups is 2. The Morgan fingerprint density at radius 3 is 2.63 bits per heavy atom. The van der Waals surface area contributed by atoms with Crippen LogP contribution in [0.15, 0.2) is 30.3 Å². The lowest BCUT2D eigenvalue weighted by Crippen LogP contribution is -2.63. The van der Waals surface area contributed by atoms with Crippen LogP contribution >= 0.6 is 0 Å². The number of benzene rings is 1. The second kappa shape index (κ2) is 6.93. The highest BCUT2D eigenvalue weighted by Crippen LogP contribution is 2.81. The standard InChI is InChI=1S/C22H31N3O2/c1-4-25(21(27)14(2)24-18(26)13-23-3)20-17-11-10-16-12-22(16,17)19(20)15-8-6-5-7-9-15/h5-9,14,16-17,19-20,23H,4,10-13H2,1-3H3,(H,24,26)/t14-,16?,17?,19?,20?,22?/m0/s1. The fourth-order valence-electron chi connectivity index (χ4n) is 6.22. The molecule has 3 fully saturated rings. The van der Waals surface area contributed by atoms with Crippen LogP contribution in [0.1, 0.15) is 44.6 Å². The van der Waals surface area contributed by atoms with Crippen LogP contribution in [-0.4, -0.2) is 48.9 Å². The second-order valence-corrected chi connectivity index (χ2v) is 8.52. The molecule has 0 saturated heterocycles. The Kier molecular flexibility index (Phi) is 4.75. The van der Waals surface area contributed by atoms with Crippen LogP contribution in [-0.2, 0) is 9.59 Å². The summed E-state index contributed by atoms with van der Waals surface area (Å²) in [5.41, 5.74) is 1.82. The zero-order chi connectivity index (χ0) is 19.2. The third kappa shape index (κ3) is 2.78. The Labute approximate surface area is 161 Å². The number of rotatable bonds is 7. The molecule has 0 aliphatic heterocycles. The van der Waals surface area contributed by atoms with Crippen LogP contribution < -0.4 is 10.6 Å². The van der Waals surface area contributed by atoms with E-state index in [9.17, 15) is 9.59 Å². The van der Waals surface area contributed by atoms with E-state index in [0.29, 0.717) is 23.8 Å². The first-order valence-corrected chi connectivity index (χ1v) is 10.3. The van der Waals surface area contributed by atoms with Gasteiger partial charge in [0.15, 0.2) is 0 Å². The van der Waals surface area contributed by atoms with E-state index in [4.69, 9.17) is 0 Å². The molecule has 4 rings (SSSR count). The molecule has 0 radical (unpaired) electrons. The van der Waals surface area contributed by atoms with E-state index in [1.165, 1.54) is 24.8 Å². The van der Waals surface area contributed by atoms with Crippen molar-refractivity contribution in [1.82, 2.24) is 15.5 Å². The van der Waals surface area contributed by atoms with E-state index in [1.54, 1.807) is 14.0 Å². The summed E-state index contributed by atoms with van der Waals surface area (Å²) >= 11 is 0. The van der Waals surface area contributed by atoms with Crippen molar-refractivity contribution in [3.8, 4) is 0 Å². The van der Waals surface area contributed by atoms with Gasteiger partial charge in [-0.15, -0.1) is 0 Å². The van der Waals surface area contributed by atoms with Gasteiger partial charge in [-0.05, 0) is 63.0 Å². The molecule has 2 amide bonds. The third-order valence-corrected chi connectivity index (χ3v) is 7.28. The quantitative estimate of drug-likeness (QED) is 0.774. The Morgan fingerprint density at radius 1 is 1.26 bits per heavy atom. The predicted molar refractivity (Wildman–Crippen MR) is 105 cm³/mol. The molecular formula is C22H31N3O2. The van der Waals surface area contributed by atoms with Crippen molar-refractivity contribution in [1.29, 1.82) is 0 Å². The van der Waals surface area contributed by atoms with Crippen molar-refractivity contribution in [3.05, 3.63) is 35.9 Å². The van der Waals surface area contributed by atoms with Crippen molar-refractivity contribution in [2.75, 3.05) is 20.1 Å². The highest BCUT2D eigenvalue weighted by Gasteiger charge is 2.77. The summed E-state index contributed by atoms with van der Waals surface area (Å²) in [4.78, 5) is 27.2. The van der Waals surface area contributed by atoms with Crippen LogP contribution in [0.4, 0.5) is 0 Å². The van der Waals surface area contributed by atoms with Crippen molar-refractivity contribution >= 4 is 11.8 Å². The molecular weight excluding hydrogens is 338 g/mol. The number of nitrogens with zero attached hydrogens (tertiary/aromatic N) is 1. The molecule has 0 aromatic heterocycles. The summed E-state index contributed by atoms with van der Waals surface area (Å²) in [6, 6.07) is 10.5. The van der Waals surface area contributed by atoms with E-state index < -0.39 is 6.04 Å². The molecule has 1 aromatic rings. The normalized spacial score (nSPS) is 34.0. The minimum Gasteiger partial charge on any atom is -0.343 e. The average molecular weight is 370 g/mol. The minimum atomic E-state index is -0.491. The molecule has 5 nitrogen and oxygen atoms in total. The molecule has 5 unspecified atom stereocenters. The van der Waals surface area contributed by atoms with Crippen molar-refractivity contribution in [2.45, 2.75) is 51.1 Å². The first kappa shape index (κ1) is 18.5. The Balaban J connectivity index is 1.56. The molecule has 3 saturated carbocycles. The number of nitrogens with one attached hydrogen (secondary N) is 2. The SMILES string of the molecule is CCN(C(=O)[C@H](C)NC(=O)CNC)C1C2CCC3CC32C1c1ccccc1. The monoisotopic (exact) mass is 369 g/mol.